The van der Waals surface area contributed by atoms with E-state index in [0.29, 0.717) is 25.9 Å². The van der Waals surface area contributed by atoms with Crippen molar-refractivity contribution >= 4 is 11.9 Å². The summed E-state index contributed by atoms with van der Waals surface area (Å²) in [6.07, 6.45) is 1.12. The van der Waals surface area contributed by atoms with Crippen LogP contribution in [0.15, 0.2) is 0 Å². The average molecular weight is 253 g/mol. The standard InChI is InChI=1S/C12H19N3O3/c13-5-2-6-14-7-9-15(10-8-14)11(16)3-1-4-12(17)18/h1-4,6-10H2,(H,17,18). The highest BCUT2D eigenvalue weighted by Crippen LogP contribution is 2.01. The van der Waals surface area contributed by atoms with Crippen molar-refractivity contribution in [3.8, 4) is 6.07 Å². The molecule has 1 heterocycles. The van der Waals surface area contributed by atoms with Gasteiger partial charge in [-0.15, -0.1) is 0 Å². The zero-order chi connectivity index (χ0) is 13.4. The van der Waals surface area contributed by atoms with Crippen molar-refractivity contribution < 1.29 is 19.6 Å². The van der Waals surface area contributed by atoms with Gasteiger partial charge < -0.3 is 19.7 Å². The van der Waals surface area contributed by atoms with Crippen molar-refractivity contribution in [1.29, 1.82) is 5.26 Å². The molecule has 0 aromatic heterocycles. The molecule has 1 fully saturated rings. The van der Waals surface area contributed by atoms with Crippen molar-refractivity contribution in [2.24, 2.45) is 0 Å². The van der Waals surface area contributed by atoms with E-state index in [1.807, 2.05) is 0 Å². The Morgan fingerprint density at radius 2 is 1.94 bits per heavy atom. The third-order valence-corrected chi connectivity index (χ3v) is 3.19. The lowest BCUT2D eigenvalue weighted by molar-refractivity contribution is -0.903. The van der Waals surface area contributed by atoms with Crippen molar-refractivity contribution in [2.45, 2.75) is 25.7 Å². The van der Waals surface area contributed by atoms with E-state index >= 15 is 0 Å². The first kappa shape index (κ1) is 14.5. The Labute approximate surface area is 107 Å². The van der Waals surface area contributed by atoms with Gasteiger partial charge in [0.05, 0.1) is 45.2 Å². The molecule has 100 valence electrons. The molecule has 1 amide bonds. The zero-order valence-electron chi connectivity index (χ0n) is 10.5. The molecule has 1 aliphatic rings. The van der Waals surface area contributed by atoms with E-state index < -0.39 is 5.97 Å². The van der Waals surface area contributed by atoms with E-state index in [2.05, 4.69) is 6.07 Å². The molecule has 0 saturated carbocycles. The fraction of sp³-hybridized carbons (Fsp3) is 0.750. The third kappa shape index (κ3) is 5.15. The third-order valence-electron chi connectivity index (χ3n) is 3.19. The number of aliphatic carboxylic acids is 1. The Hall–Kier alpha value is -1.61. The van der Waals surface area contributed by atoms with Gasteiger partial charge in [-0.25, -0.2) is 0 Å². The first-order valence-corrected chi connectivity index (χ1v) is 6.31. The summed E-state index contributed by atoms with van der Waals surface area (Å²) in [6, 6.07) is 2.12. The molecule has 0 atom stereocenters. The predicted molar refractivity (Wildman–Crippen MR) is 61.2 cm³/mol. The summed E-state index contributed by atoms with van der Waals surface area (Å²) >= 11 is 0. The monoisotopic (exact) mass is 253 g/mol. The number of carboxylic acids is 1. The molecule has 0 radical (unpaired) electrons. The maximum absolute atomic E-state index is 11.8. The van der Waals surface area contributed by atoms with Gasteiger partial charge in [-0.3, -0.25) is 4.79 Å². The van der Waals surface area contributed by atoms with Gasteiger partial charge in [0, 0.05) is 12.4 Å². The second-order valence-corrected chi connectivity index (χ2v) is 4.51. The normalized spacial score (nSPS) is 16.3. The number of hydrogen-bond donors (Lipinski definition) is 1. The Morgan fingerprint density at radius 1 is 1.28 bits per heavy atom. The van der Waals surface area contributed by atoms with Gasteiger partial charge in [0.2, 0.25) is 5.91 Å². The van der Waals surface area contributed by atoms with E-state index in [4.69, 9.17) is 5.26 Å². The molecular weight excluding hydrogens is 234 g/mol. The summed E-state index contributed by atoms with van der Waals surface area (Å²) in [5, 5.41) is 18.7. The minimum atomic E-state index is -1.10. The Kier molecular flexibility index (Phi) is 6.15. The van der Waals surface area contributed by atoms with Gasteiger partial charge >= 0.3 is 0 Å². The number of nitriles is 1. The predicted octanol–water partition coefficient (Wildman–Crippen LogP) is -2.45. The lowest BCUT2D eigenvalue weighted by Crippen LogP contribution is -3.14. The van der Waals surface area contributed by atoms with E-state index in [1.54, 1.807) is 4.90 Å². The van der Waals surface area contributed by atoms with Crippen LogP contribution in [0.1, 0.15) is 25.7 Å². The fourth-order valence-corrected chi connectivity index (χ4v) is 2.10. The van der Waals surface area contributed by atoms with Crippen LogP contribution in [-0.4, -0.2) is 49.5 Å². The Bertz CT molecular complexity index is 330. The van der Waals surface area contributed by atoms with Crippen molar-refractivity contribution in [3.63, 3.8) is 0 Å². The summed E-state index contributed by atoms with van der Waals surface area (Å²) in [4.78, 5) is 25.1. The quantitative estimate of drug-likeness (QED) is 0.569. The molecule has 0 aromatic rings. The van der Waals surface area contributed by atoms with Crippen LogP contribution in [0.2, 0.25) is 0 Å². The highest BCUT2D eigenvalue weighted by molar-refractivity contribution is 5.76. The molecule has 1 rings (SSSR count). The number of nitrogens with one attached hydrogen (secondary N) is 1. The molecule has 6 nitrogen and oxygen atoms in total. The summed E-state index contributed by atoms with van der Waals surface area (Å²) < 4.78 is 0. The van der Waals surface area contributed by atoms with Gasteiger partial charge in [0.25, 0.3) is 0 Å². The molecule has 6 heteroatoms. The smallest absolute Gasteiger partial charge is 0.222 e. The van der Waals surface area contributed by atoms with E-state index in [-0.39, 0.29) is 18.7 Å². The molecule has 0 aliphatic carbocycles. The van der Waals surface area contributed by atoms with Crippen LogP contribution >= 0.6 is 0 Å². The number of nitrogens with zero attached hydrogens (tertiary/aromatic N) is 2. The van der Waals surface area contributed by atoms with Crippen LogP contribution in [0.5, 0.6) is 0 Å². The van der Waals surface area contributed by atoms with Crippen molar-refractivity contribution in [1.82, 2.24) is 4.90 Å². The van der Waals surface area contributed by atoms with E-state index in [0.717, 1.165) is 19.6 Å². The highest BCUT2D eigenvalue weighted by Gasteiger charge is 2.22. The Morgan fingerprint density at radius 3 is 2.50 bits per heavy atom. The number of hydrogen-bond acceptors (Lipinski definition) is 4. The Balaban J connectivity index is 2.19. The summed E-state index contributed by atoms with van der Waals surface area (Å²) in [7, 11) is 0. The van der Waals surface area contributed by atoms with Crippen molar-refractivity contribution in [2.75, 3.05) is 32.7 Å². The first-order valence-electron chi connectivity index (χ1n) is 6.31. The van der Waals surface area contributed by atoms with Crippen LogP contribution in [0, 0.1) is 11.3 Å². The van der Waals surface area contributed by atoms with Gasteiger partial charge in [-0.1, -0.05) is 0 Å². The fourth-order valence-electron chi connectivity index (χ4n) is 2.10. The largest absolute Gasteiger partial charge is 0.550 e. The van der Waals surface area contributed by atoms with Crippen LogP contribution in [0.3, 0.4) is 0 Å². The van der Waals surface area contributed by atoms with Gasteiger partial charge in [0.1, 0.15) is 0 Å². The summed E-state index contributed by atoms with van der Waals surface area (Å²) in [6.45, 7) is 3.97. The topological polar surface area (TPSA) is 88.7 Å². The van der Waals surface area contributed by atoms with Crippen LogP contribution < -0.4 is 10.0 Å². The molecule has 0 aromatic carbocycles. The van der Waals surface area contributed by atoms with Gasteiger partial charge in [-0.05, 0) is 12.8 Å². The van der Waals surface area contributed by atoms with Crippen LogP contribution in [0.4, 0.5) is 0 Å². The minimum Gasteiger partial charge on any atom is -0.550 e. The number of rotatable bonds is 6. The number of carboxylic acid groups (broad SMARTS) is 1. The van der Waals surface area contributed by atoms with Crippen molar-refractivity contribution in [3.05, 3.63) is 0 Å². The van der Waals surface area contributed by atoms with E-state index in [1.165, 1.54) is 4.90 Å². The maximum atomic E-state index is 11.8. The SMILES string of the molecule is N#CCC[NH+]1CCN(C(=O)CCCC(=O)[O-])CC1. The number of amides is 1. The summed E-state index contributed by atoms with van der Waals surface area (Å²) in [5.74, 6) is -1.08. The van der Waals surface area contributed by atoms with Gasteiger partial charge in [0.15, 0.2) is 0 Å². The second-order valence-electron chi connectivity index (χ2n) is 4.51. The molecule has 18 heavy (non-hydrogen) atoms. The minimum absolute atomic E-state index is 0.0237. The lowest BCUT2D eigenvalue weighted by atomic mass is 10.2. The summed E-state index contributed by atoms with van der Waals surface area (Å²) in [5.41, 5.74) is 0. The number of carbonyl (C=O) groups excluding carboxylic acids is 2. The second kappa shape index (κ2) is 7.67. The van der Waals surface area contributed by atoms with Crippen LogP contribution in [-0.2, 0) is 9.59 Å². The molecule has 1 aliphatic heterocycles. The lowest BCUT2D eigenvalue weighted by Gasteiger charge is -2.32. The van der Waals surface area contributed by atoms with Gasteiger partial charge in [-0.2, -0.15) is 5.26 Å². The molecule has 0 unspecified atom stereocenters. The first-order chi connectivity index (χ1) is 8.63. The molecular formula is C12H19N3O3. The van der Waals surface area contributed by atoms with Crippen LogP contribution in [0.25, 0.3) is 0 Å². The number of piperazine rings is 1. The van der Waals surface area contributed by atoms with E-state index in [9.17, 15) is 14.7 Å². The molecule has 1 N–H and O–H groups in total. The molecule has 0 spiro atoms. The highest BCUT2D eigenvalue weighted by atomic mass is 16.4. The number of quaternary nitrogens is 1. The molecule has 0 bridgehead atoms. The zero-order valence-corrected chi connectivity index (χ0v) is 10.5. The number of carbonyl (C=O) groups is 2. The molecule has 1 saturated heterocycles. The maximum Gasteiger partial charge on any atom is 0.222 e. The average Bonchev–Trinajstić information content (AvgIpc) is 2.36.